The molecule has 2 unspecified atom stereocenters. The normalized spacial score (nSPS) is 26.5. The van der Waals surface area contributed by atoms with Gasteiger partial charge in [0.05, 0.1) is 0 Å². The summed E-state index contributed by atoms with van der Waals surface area (Å²) in [6.45, 7) is 1.91. The van der Waals surface area contributed by atoms with Gasteiger partial charge in [-0.1, -0.05) is 18.7 Å². The highest BCUT2D eigenvalue weighted by atomic mass is 32.2. The summed E-state index contributed by atoms with van der Waals surface area (Å²) in [5.41, 5.74) is 0. The number of amides is 1. The lowest BCUT2D eigenvalue weighted by molar-refractivity contribution is -0.140. The van der Waals surface area contributed by atoms with Crippen LogP contribution in [0.2, 0.25) is 0 Å². The second-order valence-corrected chi connectivity index (χ2v) is 5.00. The molecule has 0 aliphatic carbocycles. The van der Waals surface area contributed by atoms with Crippen LogP contribution in [0.4, 0.5) is 4.79 Å². The Labute approximate surface area is 85.2 Å². The van der Waals surface area contributed by atoms with Gasteiger partial charge in [0.2, 0.25) is 4.45 Å². The van der Waals surface area contributed by atoms with Crippen LogP contribution >= 0.6 is 23.5 Å². The van der Waals surface area contributed by atoms with E-state index in [1.807, 2.05) is 6.92 Å². The molecule has 0 bridgehead atoms. The summed E-state index contributed by atoms with van der Waals surface area (Å²) in [6, 6.07) is 0. The Hall–Kier alpha value is -0.200. The highest BCUT2D eigenvalue weighted by Crippen LogP contribution is 2.27. The van der Waals surface area contributed by atoms with Crippen LogP contribution in [0.1, 0.15) is 6.92 Å². The molecular formula is C7H11NO3S2. The standard InChI is InChI=1S/C7H11NO3S2/c1-3-12-7(10)13-6-4(11-2)5(9)8-6/h4,6H,3H2,1-2H3,(H,8,9). The van der Waals surface area contributed by atoms with Crippen molar-refractivity contribution in [1.29, 1.82) is 0 Å². The Morgan fingerprint density at radius 1 is 1.69 bits per heavy atom. The number of ether oxygens (including phenoxy) is 1. The monoisotopic (exact) mass is 221 g/mol. The van der Waals surface area contributed by atoms with Gasteiger partial charge in [-0.15, -0.1) is 0 Å². The van der Waals surface area contributed by atoms with E-state index in [-0.39, 0.29) is 15.7 Å². The molecule has 0 radical (unpaired) electrons. The van der Waals surface area contributed by atoms with Crippen molar-refractivity contribution in [2.24, 2.45) is 0 Å². The second kappa shape index (κ2) is 4.88. The lowest BCUT2D eigenvalue weighted by Gasteiger charge is -2.33. The van der Waals surface area contributed by atoms with Crippen LogP contribution in [0.3, 0.4) is 0 Å². The Balaban J connectivity index is 2.30. The molecule has 1 N–H and O–H groups in total. The van der Waals surface area contributed by atoms with Crippen LogP contribution in [-0.4, -0.2) is 34.7 Å². The summed E-state index contributed by atoms with van der Waals surface area (Å²) in [5.74, 6) is 0.610. The number of nitrogens with one attached hydrogen (secondary N) is 1. The van der Waals surface area contributed by atoms with E-state index in [4.69, 9.17) is 4.74 Å². The molecule has 1 saturated heterocycles. The topological polar surface area (TPSA) is 55.4 Å². The number of rotatable bonds is 3. The maximum Gasteiger partial charge on any atom is 0.253 e. The van der Waals surface area contributed by atoms with Crippen LogP contribution in [0.25, 0.3) is 0 Å². The minimum atomic E-state index is -0.466. The van der Waals surface area contributed by atoms with E-state index >= 15 is 0 Å². The quantitative estimate of drug-likeness (QED) is 0.722. The average Bonchev–Trinajstić information content (AvgIpc) is 2.04. The number of methoxy groups -OCH3 is 1. The smallest absolute Gasteiger partial charge is 0.253 e. The largest absolute Gasteiger partial charge is 0.368 e. The molecule has 1 amide bonds. The molecule has 6 heteroatoms. The van der Waals surface area contributed by atoms with Gasteiger partial charge in [-0.05, 0) is 17.5 Å². The Morgan fingerprint density at radius 2 is 2.38 bits per heavy atom. The fourth-order valence-electron chi connectivity index (χ4n) is 0.917. The van der Waals surface area contributed by atoms with Crippen LogP contribution in [0.5, 0.6) is 0 Å². The minimum absolute atomic E-state index is 0.0227. The van der Waals surface area contributed by atoms with Crippen molar-refractivity contribution < 1.29 is 14.3 Å². The van der Waals surface area contributed by atoms with Gasteiger partial charge in [0, 0.05) is 7.11 Å². The number of carbonyl (C=O) groups is 2. The van der Waals surface area contributed by atoms with Crippen molar-refractivity contribution in [2.75, 3.05) is 12.9 Å². The number of thioether (sulfide) groups is 2. The first kappa shape index (κ1) is 10.9. The lowest BCUT2D eigenvalue weighted by Crippen LogP contribution is -2.61. The molecule has 1 rings (SSSR count). The summed E-state index contributed by atoms with van der Waals surface area (Å²) in [6.07, 6.45) is -0.466. The van der Waals surface area contributed by atoms with Gasteiger partial charge >= 0.3 is 0 Å². The predicted molar refractivity (Wildman–Crippen MR) is 53.8 cm³/mol. The van der Waals surface area contributed by atoms with Gasteiger partial charge in [-0.25, -0.2) is 0 Å². The van der Waals surface area contributed by atoms with E-state index in [0.717, 1.165) is 17.5 Å². The third kappa shape index (κ3) is 2.62. The van der Waals surface area contributed by atoms with Crippen molar-refractivity contribution in [3.8, 4) is 0 Å². The van der Waals surface area contributed by atoms with Crippen molar-refractivity contribution in [1.82, 2.24) is 5.32 Å². The molecule has 4 nitrogen and oxygen atoms in total. The fourth-order valence-corrected chi connectivity index (χ4v) is 2.83. The van der Waals surface area contributed by atoms with Gasteiger partial charge in [0.25, 0.3) is 5.91 Å². The third-order valence-electron chi connectivity index (χ3n) is 1.56. The van der Waals surface area contributed by atoms with Crippen LogP contribution in [0, 0.1) is 0 Å². The Morgan fingerprint density at radius 3 is 2.85 bits per heavy atom. The summed E-state index contributed by atoms with van der Waals surface area (Å²) in [7, 11) is 1.47. The first-order chi connectivity index (χ1) is 6.19. The van der Waals surface area contributed by atoms with Crippen molar-refractivity contribution >= 4 is 33.9 Å². The molecule has 0 spiro atoms. The maximum atomic E-state index is 11.1. The molecule has 1 fully saturated rings. The molecule has 0 saturated carbocycles. The minimum Gasteiger partial charge on any atom is -0.368 e. The van der Waals surface area contributed by atoms with Gasteiger partial charge in [-0.2, -0.15) is 0 Å². The van der Waals surface area contributed by atoms with Gasteiger partial charge in [-0.3, -0.25) is 9.59 Å². The van der Waals surface area contributed by atoms with Crippen LogP contribution < -0.4 is 5.32 Å². The van der Waals surface area contributed by atoms with Crippen molar-refractivity contribution in [3.63, 3.8) is 0 Å². The summed E-state index contributed by atoms with van der Waals surface area (Å²) in [4.78, 5) is 22.0. The van der Waals surface area contributed by atoms with Crippen molar-refractivity contribution in [2.45, 2.75) is 18.4 Å². The average molecular weight is 221 g/mol. The summed E-state index contributed by atoms with van der Waals surface area (Å²) < 4.78 is 4.92. The lowest BCUT2D eigenvalue weighted by atomic mass is 10.2. The second-order valence-electron chi connectivity index (χ2n) is 2.39. The van der Waals surface area contributed by atoms with E-state index in [0.29, 0.717) is 0 Å². The molecule has 0 aromatic carbocycles. The summed E-state index contributed by atoms with van der Waals surface area (Å²) in [5, 5.41) is 2.39. The van der Waals surface area contributed by atoms with Crippen LogP contribution in [0.15, 0.2) is 0 Å². The molecule has 13 heavy (non-hydrogen) atoms. The number of carbonyl (C=O) groups excluding carboxylic acids is 2. The molecule has 1 aliphatic rings. The highest BCUT2D eigenvalue weighted by molar-refractivity contribution is 8.38. The zero-order valence-corrected chi connectivity index (χ0v) is 9.04. The first-order valence-corrected chi connectivity index (χ1v) is 5.72. The number of β-lactam (4-membered cyclic amide) rings is 1. The van der Waals surface area contributed by atoms with Gasteiger partial charge < -0.3 is 10.1 Å². The van der Waals surface area contributed by atoms with Crippen molar-refractivity contribution in [3.05, 3.63) is 0 Å². The zero-order valence-electron chi connectivity index (χ0n) is 7.40. The van der Waals surface area contributed by atoms with Gasteiger partial charge in [0.15, 0.2) is 6.10 Å². The van der Waals surface area contributed by atoms with Crippen LogP contribution in [-0.2, 0) is 9.53 Å². The molecular weight excluding hydrogens is 210 g/mol. The number of hydrogen-bond donors (Lipinski definition) is 1. The first-order valence-electron chi connectivity index (χ1n) is 3.85. The fraction of sp³-hybridized carbons (Fsp3) is 0.714. The predicted octanol–water partition coefficient (Wildman–Crippen LogP) is 1.06. The van der Waals surface area contributed by atoms with E-state index in [1.54, 1.807) is 0 Å². The summed E-state index contributed by atoms with van der Waals surface area (Å²) >= 11 is 2.35. The zero-order chi connectivity index (χ0) is 9.84. The van der Waals surface area contributed by atoms with Gasteiger partial charge in [0.1, 0.15) is 5.37 Å². The number of hydrogen-bond acceptors (Lipinski definition) is 5. The van der Waals surface area contributed by atoms with E-state index in [1.165, 1.54) is 18.9 Å². The van der Waals surface area contributed by atoms with E-state index < -0.39 is 6.10 Å². The van der Waals surface area contributed by atoms with E-state index in [2.05, 4.69) is 5.32 Å². The molecule has 74 valence electrons. The third-order valence-corrected chi connectivity index (χ3v) is 3.54. The molecule has 0 aromatic rings. The molecule has 2 atom stereocenters. The highest BCUT2D eigenvalue weighted by Gasteiger charge is 2.41. The Kier molecular flexibility index (Phi) is 4.08. The molecule has 1 aliphatic heterocycles. The molecule has 0 aromatic heterocycles. The molecule has 1 heterocycles. The Bertz CT molecular complexity index is 222. The van der Waals surface area contributed by atoms with E-state index in [9.17, 15) is 9.59 Å². The SMILES string of the molecule is CCSC(=O)SC1NC(=O)C1OC. The maximum absolute atomic E-state index is 11.1.